The van der Waals surface area contributed by atoms with Gasteiger partial charge in [0.15, 0.2) is 0 Å². The van der Waals surface area contributed by atoms with E-state index in [2.05, 4.69) is 18.0 Å². The molecule has 88 valence electrons. The molecule has 4 nitrogen and oxygen atoms in total. The first-order valence-corrected chi connectivity index (χ1v) is 5.65. The number of nitriles is 1. The highest BCUT2D eigenvalue weighted by Gasteiger charge is 2.31. The third kappa shape index (κ3) is 3.67. The maximum atomic E-state index is 11.3. The van der Waals surface area contributed by atoms with Crippen molar-refractivity contribution in [3.8, 4) is 6.07 Å². The summed E-state index contributed by atoms with van der Waals surface area (Å²) in [6.07, 6.45) is 6.42. The van der Waals surface area contributed by atoms with Crippen molar-refractivity contribution in [1.29, 1.82) is 5.26 Å². The van der Waals surface area contributed by atoms with Crippen molar-refractivity contribution >= 4 is 5.97 Å². The van der Waals surface area contributed by atoms with Crippen LogP contribution in [0.25, 0.3) is 0 Å². The number of hydrogen-bond acceptors (Lipinski definition) is 4. The number of nitrogens with one attached hydrogen (secondary N) is 1. The lowest BCUT2D eigenvalue weighted by molar-refractivity contribution is -0.141. The van der Waals surface area contributed by atoms with E-state index in [1.807, 2.05) is 0 Å². The summed E-state index contributed by atoms with van der Waals surface area (Å²) in [7, 11) is 0. The minimum atomic E-state index is -0.522. The number of ether oxygens (including phenoxy) is 1. The minimum absolute atomic E-state index is 0.0986. The van der Waals surface area contributed by atoms with E-state index in [-0.39, 0.29) is 19.1 Å². The Kier molecular flexibility index (Phi) is 5.00. The molecule has 0 aromatic heterocycles. The van der Waals surface area contributed by atoms with Gasteiger partial charge in [-0.05, 0) is 12.8 Å². The van der Waals surface area contributed by atoms with Crippen LogP contribution < -0.4 is 5.32 Å². The van der Waals surface area contributed by atoms with Gasteiger partial charge in [0.1, 0.15) is 12.1 Å². The Morgan fingerprint density at radius 1 is 1.50 bits per heavy atom. The lowest BCUT2D eigenvalue weighted by Gasteiger charge is -2.31. The van der Waals surface area contributed by atoms with Gasteiger partial charge in [-0.2, -0.15) is 5.26 Å². The molecule has 1 rings (SSSR count). The lowest BCUT2D eigenvalue weighted by Crippen LogP contribution is -2.47. The summed E-state index contributed by atoms with van der Waals surface area (Å²) in [6.45, 7) is 3.78. The van der Waals surface area contributed by atoms with Crippen LogP contribution in [-0.2, 0) is 9.53 Å². The molecule has 1 N–H and O–H groups in total. The first-order valence-electron chi connectivity index (χ1n) is 5.65. The normalized spacial score (nSPS) is 18.4. The zero-order chi connectivity index (χ0) is 11.9. The van der Waals surface area contributed by atoms with E-state index >= 15 is 0 Å². The Morgan fingerprint density at radius 3 is 2.75 bits per heavy atom. The van der Waals surface area contributed by atoms with Crippen molar-refractivity contribution in [2.75, 3.05) is 13.2 Å². The maximum Gasteiger partial charge on any atom is 0.320 e. The Morgan fingerprint density at radius 2 is 2.19 bits per heavy atom. The lowest BCUT2D eigenvalue weighted by atomic mass is 9.83. The predicted octanol–water partition coefficient (Wildman–Crippen LogP) is 1.53. The molecule has 0 aromatic carbocycles. The average molecular weight is 222 g/mol. The van der Waals surface area contributed by atoms with Gasteiger partial charge < -0.3 is 4.74 Å². The molecule has 0 saturated heterocycles. The number of rotatable bonds is 5. The summed E-state index contributed by atoms with van der Waals surface area (Å²) in [5, 5.41) is 12.2. The Balaban J connectivity index is 2.36. The van der Waals surface area contributed by atoms with Crippen LogP contribution in [0.4, 0.5) is 0 Å². The van der Waals surface area contributed by atoms with Gasteiger partial charge in [0, 0.05) is 0 Å². The second-order valence-corrected chi connectivity index (χ2v) is 4.08. The fourth-order valence-corrected chi connectivity index (χ4v) is 1.93. The van der Waals surface area contributed by atoms with Crippen molar-refractivity contribution in [1.82, 2.24) is 5.32 Å². The summed E-state index contributed by atoms with van der Waals surface area (Å²) in [4.78, 5) is 11.3. The number of hydrogen-bond donors (Lipinski definition) is 1. The Hall–Kier alpha value is -1.34. The quantitative estimate of drug-likeness (QED) is 0.566. The van der Waals surface area contributed by atoms with Gasteiger partial charge in [0.05, 0.1) is 12.6 Å². The van der Waals surface area contributed by atoms with Gasteiger partial charge >= 0.3 is 5.97 Å². The van der Waals surface area contributed by atoms with Crippen molar-refractivity contribution in [3.63, 3.8) is 0 Å². The molecule has 0 heterocycles. The fourth-order valence-electron chi connectivity index (χ4n) is 1.93. The van der Waals surface area contributed by atoms with E-state index in [0.717, 1.165) is 25.7 Å². The minimum Gasteiger partial charge on any atom is -0.461 e. The SMILES string of the molecule is C=CCOC(=O)CNC1(C#N)CCCCC1. The molecule has 1 aliphatic rings. The van der Waals surface area contributed by atoms with Gasteiger partial charge in [-0.15, -0.1) is 0 Å². The molecular formula is C12H18N2O2. The molecule has 16 heavy (non-hydrogen) atoms. The summed E-state index contributed by atoms with van der Waals surface area (Å²) < 4.78 is 4.84. The van der Waals surface area contributed by atoms with Gasteiger partial charge in [0.25, 0.3) is 0 Å². The molecule has 0 bridgehead atoms. The van der Waals surface area contributed by atoms with E-state index in [9.17, 15) is 4.79 Å². The van der Waals surface area contributed by atoms with Crippen LogP contribution in [0.2, 0.25) is 0 Å². The molecular weight excluding hydrogens is 204 g/mol. The first-order chi connectivity index (χ1) is 7.72. The standard InChI is InChI=1S/C12H18N2O2/c1-2-8-16-11(15)9-14-12(10-13)6-4-3-5-7-12/h2,14H,1,3-9H2. The Bertz CT molecular complexity index is 288. The summed E-state index contributed by atoms with van der Waals surface area (Å²) in [5.74, 6) is -0.333. The molecule has 0 spiro atoms. The van der Waals surface area contributed by atoms with Crippen LogP contribution in [0, 0.1) is 11.3 Å². The zero-order valence-electron chi connectivity index (χ0n) is 9.50. The highest BCUT2D eigenvalue weighted by Crippen LogP contribution is 2.27. The summed E-state index contributed by atoms with van der Waals surface area (Å²) >= 11 is 0. The topological polar surface area (TPSA) is 62.1 Å². The van der Waals surface area contributed by atoms with Crippen LogP contribution in [0.15, 0.2) is 12.7 Å². The Labute approximate surface area is 96.3 Å². The molecule has 1 fully saturated rings. The predicted molar refractivity (Wildman–Crippen MR) is 60.6 cm³/mol. The molecule has 1 saturated carbocycles. The van der Waals surface area contributed by atoms with Crippen LogP contribution in [-0.4, -0.2) is 24.7 Å². The van der Waals surface area contributed by atoms with Gasteiger partial charge in [-0.3, -0.25) is 10.1 Å². The number of nitrogens with zero attached hydrogens (tertiary/aromatic N) is 1. The van der Waals surface area contributed by atoms with Crippen molar-refractivity contribution in [2.24, 2.45) is 0 Å². The number of esters is 1. The monoisotopic (exact) mass is 222 g/mol. The molecule has 0 radical (unpaired) electrons. The van der Waals surface area contributed by atoms with Crippen LogP contribution >= 0.6 is 0 Å². The average Bonchev–Trinajstić information content (AvgIpc) is 2.35. The summed E-state index contributed by atoms with van der Waals surface area (Å²) in [6, 6.07) is 2.29. The van der Waals surface area contributed by atoms with Gasteiger partial charge in [-0.25, -0.2) is 0 Å². The van der Waals surface area contributed by atoms with Crippen LogP contribution in [0.5, 0.6) is 0 Å². The zero-order valence-corrected chi connectivity index (χ0v) is 9.50. The largest absolute Gasteiger partial charge is 0.461 e. The van der Waals surface area contributed by atoms with Gasteiger partial charge in [-0.1, -0.05) is 31.9 Å². The third-order valence-electron chi connectivity index (χ3n) is 2.85. The number of carbonyl (C=O) groups is 1. The maximum absolute atomic E-state index is 11.3. The molecule has 4 heteroatoms. The molecule has 0 aromatic rings. The van der Waals surface area contributed by atoms with E-state index in [1.165, 1.54) is 12.5 Å². The first kappa shape index (κ1) is 12.7. The van der Waals surface area contributed by atoms with E-state index in [4.69, 9.17) is 10.00 Å². The summed E-state index contributed by atoms with van der Waals surface area (Å²) in [5.41, 5.74) is -0.522. The van der Waals surface area contributed by atoms with E-state index < -0.39 is 5.54 Å². The van der Waals surface area contributed by atoms with Gasteiger partial charge in [0.2, 0.25) is 0 Å². The van der Waals surface area contributed by atoms with E-state index in [1.54, 1.807) is 0 Å². The molecule has 1 aliphatic carbocycles. The highest BCUT2D eigenvalue weighted by molar-refractivity contribution is 5.71. The highest BCUT2D eigenvalue weighted by atomic mass is 16.5. The second kappa shape index (κ2) is 6.29. The fraction of sp³-hybridized carbons (Fsp3) is 0.667. The number of carbonyl (C=O) groups excluding carboxylic acids is 1. The molecule has 0 aliphatic heterocycles. The van der Waals surface area contributed by atoms with Crippen molar-refractivity contribution in [3.05, 3.63) is 12.7 Å². The van der Waals surface area contributed by atoms with Crippen LogP contribution in [0.3, 0.4) is 0 Å². The van der Waals surface area contributed by atoms with Crippen LogP contribution in [0.1, 0.15) is 32.1 Å². The molecule has 0 unspecified atom stereocenters. The second-order valence-electron chi connectivity index (χ2n) is 4.08. The van der Waals surface area contributed by atoms with E-state index in [0.29, 0.717) is 0 Å². The molecule has 0 amide bonds. The third-order valence-corrected chi connectivity index (χ3v) is 2.85. The smallest absolute Gasteiger partial charge is 0.320 e. The van der Waals surface area contributed by atoms with Crippen molar-refractivity contribution < 1.29 is 9.53 Å². The van der Waals surface area contributed by atoms with Crippen molar-refractivity contribution in [2.45, 2.75) is 37.6 Å². The molecule has 0 atom stereocenters.